The van der Waals surface area contributed by atoms with E-state index >= 15 is 0 Å². The van der Waals surface area contributed by atoms with Gasteiger partial charge in [0, 0.05) is 13.2 Å². The topological polar surface area (TPSA) is 30.7 Å². The molecule has 0 radical (unpaired) electrons. The molecule has 0 atom stereocenters. The quantitative estimate of drug-likeness (QED) is 0.673. The Hall–Kier alpha value is -1.65. The summed E-state index contributed by atoms with van der Waals surface area (Å²) in [5.41, 5.74) is 2.01. The van der Waals surface area contributed by atoms with Crippen LogP contribution < -0.4 is 5.46 Å². The molecule has 0 saturated heterocycles. The van der Waals surface area contributed by atoms with Crippen LogP contribution in [0.15, 0.2) is 24.5 Å². The van der Waals surface area contributed by atoms with Gasteiger partial charge < -0.3 is 0 Å². The highest BCUT2D eigenvalue weighted by molar-refractivity contribution is 6.51. The van der Waals surface area contributed by atoms with Crippen molar-refractivity contribution in [3.05, 3.63) is 30.3 Å². The van der Waals surface area contributed by atoms with E-state index in [0.717, 1.165) is 12.7 Å². The van der Waals surface area contributed by atoms with Crippen LogP contribution in [0.5, 0.6) is 0 Å². The Labute approximate surface area is 88.2 Å². The first-order valence-electron chi connectivity index (χ1n) is 4.85. The fourth-order valence-electron chi connectivity index (χ4n) is 1.41. The van der Waals surface area contributed by atoms with Gasteiger partial charge in [-0.2, -0.15) is 5.10 Å². The van der Waals surface area contributed by atoms with E-state index in [0.29, 0.717) is 11.4 Å². The van der Waals surface area contributed by atoms with E-state index in [1.165, 1.54) is 10.9 Å². The smallest absolute Gasteiger partial charge is 0.170 e. The lowest BCUT2D eigenvalue weighted by molar-refractivity contribution is 0.627. The lowest BCUT2D eigenvalue weighted by Gasteiger charge is -1.98. The molecule has 0 aliphatic heterocycles. The van der Waals surface area contributed by atoms with Crippen molar-refractivity contribution in [2.75, 3.05) is 0 Å². The molecule has 0 aromatic carbocycles. The molecule has 15 heavy (non-hydrogen) atoms. The zero-order valence-electron chi connectivity index (χ0n) is 8.74. The Morgan fingerprint density at radius 3 is 2.67 bits per heavy atom. The van der Waals surface area contributed by atoms with Crippen LogP contribution in [0.2, 0.25) is 6.82 Å². The minimum absolute atomic E-state index is 0.306. The van der Waals surface area contributed by atoms with Crippen molar-refractivity contribution >= 4 is 12.7 Å². The average Bonchev–Trinajstić information content (AvgIpc) is 2.58. The van der Waals surface area contributed by atoms with Crippen molar-refractivity contribution in [1.82, 2.24) is 14.8 Å². The average molecular weight is 203 g/mol. The summed E-state index contributed by atoms with van der Waals surface area (Å²) in [6, 6.07) is 3.74. The van der Waals surface area contributed by atoms with E-state index in [2.05, 4.69) is 16.9 Å². The molecule has 3 nitrogen and oxygen atoms in total. The van der Waals surface area contributed by atoms with Crippen LogP contribution in [0, 0.1) is 5.82 Å². The molecule has 0 spiro atoms. The van der Waals surface area contributed by atoms with Gasteiger partial charge in [-0.05, 0) is 6.07 Å². The number of aryl methyl sites for hydroxylation is 1. The highest BCUT2D eigenvalue weighted by Crippen LogP contribution is 2.16. The van der Waals surface area contributed by atoms with Crippen LogP contribution in [-0.4, -0.2) is 22.0 Å². The summed E-state index contributed by atoms with van der Waals surface area (Å²) in [4.78, 5) is 4.18. The van der Waals surface area contributed by atoms with Crippen LogP contribution in [0.4, 0.5) is 4.39 Å². The van der Waals surface area contributed by atoms with Gasteiger partial charge in [0.15, 0.2) is 13.1 Å². The Kier molecular flexibility index (Phi) is 2.54. The zero-order chi connectivity index (χ0) is 10.8. The van der Waals surface area contributed by atoms with Crippen molar-refractivity contribution in [2.24, 2.45) is 7.05 Å². The molecule has 2 heterocycles. The SMILES string of the molecule is CBc1ccc(-c2nn(C)cc2F)nc1. The van der Waals surface area contributed by atoms with Gasteiger partial charge in [-0.25, -0.2) is 4.39 Å². The second-order valence-electron chi connectivity index (χ2n) is 3.40. The number of rotatable bonds is 2. The van der Waals surface area contributed by atoms with Crippen LogP contribution in [-0.2, 0) is 7.05 Å². The summed E-state index contributed by atoms with van der Waals surface area (Å²) in [5, 5.41) is 4.02. The molecule has 0 fully saturated rings. The summed E-state index contributed by atoms with van der Waals surface area (Å²) in [7, 11) is 2.62. The molecule has 2 aromatic heterocycles. The van der Waals surface area contributed by atoms with Gasteiger partial charge in [0.25, 0.3) is 0 Å². The summed E-state index contributed by atoms with van der Waals surface area (Å²) in [6.07, 6.45) is 3.09. The largest absolute Gasteiger partial charge is 0.272 e. The fourth-order valence-corrected chi connectivity index (χ4v) is 1.41. The number of pyridine rings is 1. The lowest BCUT2D eigenvalue weighted by Crippen LogP contribution is -2.10. The van der Waals surface area contributed by atoms with Gasteiger partial charge in [-0.3, -0.25) is 9.67 Å². The van der Waals surface area contributed by atoms with Crippen molar-refractivity contribution in [3.8, 4) is 11.4 Å². The third-order valence-electron chi connectivity index (χ3n) is 2.26. The Bertz CT molecular complexity index is 464. The number of hydrogen-bond donors (Lipinski definition) is 0. The number of halogens is 1. The highest BCUT2D eigenvalue weighted by atomic mass is 19.1. The molecule has 0 unspecified atom stereocenters. The molecule has 2 aromatic rings. The Morgan fingerprint density at radius 1 is 1.40 bits per heavy atom. The molecule has 5 heteroatoms. The third kappa shape index (κ3) is 1.91. The minimum Gasteiger partial charge on any atom is -0.272 e. The number of aromatic nitrogens is 3. The normalized spacial score (nSPS) is 10.3. The van der Waals surface area contributed by atoms with E-state index in [4.69, 9.17) is 0 Å². The fraction of sp³-hybridized carbons (Fsp3) is 0.200. The molecule has 0 aliphatic carbocycles. The molecule has 0 aliphatic rings. The Morgan fingerprint density at radius 2 is 2.20 bits per heavy atom. The molecule has 0 N–H and O–H groups in total. The molecule has 0 saturated carbocycles. The number of nitrogens with zero attached hydrogens (tertiary/aromatic N) is 3. The summed E-state index contributed by atoms with van der Waals surface area (Å²) in [5.74, 6) is -0.339. The van der Waals surface area contributed by atoms with E-state index in [-0.39, 0.29) is 5.82 Å². The van der Waals surface area contributed by atoms with Crippen LogP contribution >= 0.6 is 0 Å². The van der Waals surface area contributed by atoms with Gasteiger partial charge in [0.2, 0.25) is 0 Å². The highest BCUT2D eigenvalue weighted by Gasteiger charge is 2.10. The predicted octanol–water partition coefficient (Wildman–Crippen LogP) is 0.731. The maximum atomic E-state index is 13.4. The summed E-state index contributed by atoms with van der Waals surface area (Å²) >= 11 is 0. The molecular weight excluding hydrogens is 192 g/mol. The van der Waals surface area contributed by atoms with Gasteiger partial charge in [0.05, 0.1) is 11.9 Å². The second-order valence-corrected chi connectivity index (χ2v) is 3.40. The zero-order valence-corrected chi connectivity index (χ0v) is 8.74. The van der Waals surface area contributed by atoms with Crippen molar-refractivity contribution < 1.29 is 4.39 Å². The van der Waals surface area contributed by atoms with Gasteiger partial charge in [0.1, 0.15) is 5.69 Å². The van der Waals surface area contributed by atoms with Crippen molar-refractivity contribution in [2.45, 2.75) is 6.82 Å². The van der Waals surface area contributed by atoms with Gasteiger partial charge in [-0.1, -0.05) is 18.4 Å². The Balaban J connectivity index is 2.41. The third-order valence-corrected chi connectivity index (χ3v) is 2.26. The molecule has 76 valence electrons. The maximum absolute atomic E-state index is 13.4. The standard InChI is InChI=1S/C10H11BFN3/c1-11-7-3-4-9(13-5-7)10-8(12)6-15(2)14-10/h3-6,11H,1-2H3. The van der Waals surface area contributed by atoms with E-state index in [1.807, 2.05) is 6.07 Å². The minimum atomic E-state index is -0.339. The molecule has 0 bridgehead atoms. The van der Waals surface area contributed by atoms with E-state index in [1.54, 1.807) is 19.3 Å². The van der Waals surface area contributed by atoms with Crippen LogP contribution in [0.1, 0.15) is 0 Å². The van der Waals surface area contributed by atoms with Gasteiger partial charge >= 0.3 is 0 Å². The van der Waals surface area contributed by atoms with Crippen molar-refractivity contribution in [3.63, 3.8) is 0 Å². The van der Waals surface area contributed by atoms with Crippen LogP contribution in [0.3, 0.4) is 0 Å². The van der Waals surface area contributed by atoms with Crippen LogP contribution in [0.25, 0.3) is 11.4 Å². The molecular formula is C10H11BFN3. The first-order valence-corrected chi connectivity index (χ1v) is 4.85. The monoisotopic (exact) mass is 203 g/mol. The van der Waals surface area contributed by atoms with Crippen molar-refractivity contribution in [1.29, 1.82) is 0 Å². The second kappa shape index (κ2) is 3.84. The van der Waals surface area contributed by atoms with Gasteiger partial charge in [-0.15, -0.1) is 0 Å². The maximum Gasteiger partial charge on any atom is 0.170 e. The predicted molar refractivity (Wildman–Crippen MR) is 59.0 cm³/mol. The summed E-state index contributed by atoms with van der Waals surface area (Å²) < 4.78 is 14.8. The first-order chi connectivity index (χ1) is 7.20. The molecule has 2 rings (SSSR count). The molecule has 0 amide bonds. The summed E-state index contributed by atoms with van der Waals surface area (Å²) in [6.45, 7) is 2.05. The number of hydrogen-bond acceptors (Lipinski definition) is 2. The van der Waals surface area contributed by atoms with E-state index in [9.17, 15) is 4.39 Å². The van der Waals surface area contributed by atoms with E-state index < -0.39 is 0 Å². The first kappa shape index (κ1) is 9.89. The lowest BCUT2D eigenvalue weighted by atomic mass is 9.74.